The first-order valence-electron chi connectivity index (χ1n) is 10.0. The van der Waals surface area contributed by atoms with Crippen molar-refractivity contribution in [3.63, 3.8) is 0 Å². The lowest BCUT2D eigenvalue weighted by molar-refractivity contribution is 0.0502. The molecule has 5 heteroatoms. The Hall–Kier alpha value is -2.30. The highest BCUT2D eigenvalue weighted by molar-refractivity contribution is 6.13. The van der Waals surface area contributed by atoms with E-state index >= 15 is 0 Å². The van der Waals surface area contributed by atoms with Gasteiger partial charge in [-0.15, -0.1) is 0 Å². The van der Waals surface area contributed by atoms with Crippen molar-refractivity contribution in [2.75, 3.05) is 13.1 Å². The number of Topliss-reactive ketones (excluding diaryl/α,β-unsaturated/α-hetero) is 1. The normalized spacial score (nSPS) is 23.1. The molecule has 2 aromatic rings. The smallest absolute Gasteiger partial charge is 0.289 e. The van der Waals surface area contributed by atoms with E-state index < -0.39 is 5.60 Å². The molecule has 27 heavy (non-hydrogen) atoms. The number of furan rings is 1. The van der Waals surface area contributed by atoms with Gasteiger partial charge in [-0.1, -0.05) is 19.8 Å². The van der Waals surface area contributed by atoms with Crippen LogP contribution in [0.1, 0.15) is 78.8 Å². The predicted octanol–water partition coefficient (Wildman–Crippen LogP) is 4.89. The monoisotopic (exact) mass is 369 g/mol. The van der Waals surface area contributed by atoms with Crippen LogP contribution in [0.25, 0.3) is 11.0 Å². The van der Waals surface area contributed by atoms with E-state index in [1.807, 2.05) is 31.7 Å². The number of ether oxygens (including phenoxy) is 1. The van der Waals surface area contributed by atoms with Crippen molar-refractivity contribution >= 4 is 22.7 Å². The van der Waals surface area contributed by atoms with Gasteiger partial charge < -0.3 is 14.1 Å². The minimum Gasteiger partial charge on any atom is -0.486 e. The summed E-state index contributed by atoms with van der Waals surface area (Å²) in [6, 6.07) is 3.61. The molecule has 0 aliphatic carbocycles. The second kappa shape index (κ2) is 6.70. The molecule has 0 spiro atoms. The third-order valence-electron chi connectivity index (χ3n) is 6.06. The van der Waals surface area contributed by atoms with Gasteiger partial charge in [0.2, 0.25) is 0 Å². The number of nitrogens with zero attached hydrogens (tertiary/aromatic N) is 1. The molecule has 1 saturated heterocycles. The van der Waals surface area contributed by atoms with E-state index in [9.17, 15) is 9.59 Å². The maximum atomic E-state index is 13.1. The van der Waals surface area contributed by atoms with E-state index in [1.54, 1.807) is 6.07 Å². The molecule has 1 aromatic heterocycles. The van der Waals surface area contributed by atoms with E-state index in [0.29, 0.717) is 29.1 Å². The number of ketones is 1. The van der Waals surface area contributed by atoms with Crippen molar-refractivity contribution in [1.82, 2.24) is 4.90 Å². The van der Waals surface area contributed by atoms with Crippen LogP contribution >= 0.6 is 0 Å². The second-order valence-corrected chi connectivity index (χ2v) is 8.08. The van der Waals surface area contributed by atoms with Crippen LogP contribution in [0, 0.1) is 6.92 Å². The van der Waals surface area contributed by atoms with Crippen LogP contribution in [0.15, 0.2) is 16.5 Å². The molecule has 4 rings (SSSR count). The van der Waals surface area contributed by atoms with Crippen molar-refractivity contribution in [3.05, 3.63) is 29.0 Å². The summed E-state index contributed by atoms with van der Waals surface area (Å²) < 4.78 is 12.1. The Morgan fingerprint density at radius 3 is 2.56 bits per heavy atom. The second-order valence-electron chi connectivity index (χ2n) is 8.08. The lowest BCUT2D eigenvalue weighted by atomic mass is 9.87. The largest absolute Gasteiger partial charge is 0.486 e. The van der Waals surface area contributed by atoms with E-state index in [-0.39, 0.29) is 11.7 Å². The summed E-state index contributed by atoms with van der Waals surface area (Å²) in [6.07, 6.45) is 5.50. The Kier molecular flexibility index (Phi) is 4.49. The van der Waals surface area contributed by atoms with Crippen LogP contribution in [-0.2, 0) is 0 Å². The molecular formula is C22H27NO4. The fourth-order valence-corrected chi connectivity index (χ4v) is 4.23. The van der Waals surface area contributed by atoms with E-state index in [1.165, 1.54) is 12.8 Å². The molecule has 2 aliphatic rings. The van der Waals surface area contributed by atoms with Crippen molar-refractivity contribution in [2.24, 2.45) is 0 Å². The third kappa shape index (κ3) is 3.03. The van der Waals surface area contributed by atoms with Crippen molar-refractivity contribution in [3.8, 4) is 5.75 Å². The quantitative estimate of drug-likeness (QED) is 0.756. The third-order valence-corrected chi connectivity index (χ3v) is 6.06. The molecule has 1 atom stereocenters. The molecule has 1 aromatic carbocycles. The Morgan fingerprint density at radius 2 is 1.89 bits per heavy atom. The van der Waals surface area contributed by atoms with Gasteiger partial charge in [0, 0.05) is 24.0 Å². The number of fused-ring (bicyclic) bond motifs is 3. The summed E-state index contributed by atoms with van der Waals surface area (Å²) in [5.74, 6) is 0.948. The van der Waals surface area contributed by atoms with Crippen LogP contribution in [0.2, 0.25) is 0 Å². The van der Waals surface area contributed by atoms with Crippen LogP contribution in [0.3, 0.4) is 0 Å². The molecule has 3 heterocycles. The Bertz CT molecular complexity index is 905. The molecular weight excluding hydrogens is 342 g/mol. The van der Waals surface area contributed by atoms with Gasteiger partial charge in [-0.2, -0.15) is 0 Å². The van der Waals surface area contributed by atoms with Gasteiger partial charge >= 0.3 is 0 Å². The van der Waals surface area contributed by atoms with Crippen molar-refractivity contribution in [1.29, 1.82) is 0 Å². The number of likely N-dealkylation sites (tertiary alicyclic amines) is 1. The van der Waals surface area contributed by atoms with Gasteiger partial charge in [0.05, 0.1) is 12.0 Å². The number of hydrogen-bond donors (Lipinski definition) is 0. The standard InChI is InChI=1S/C22H27NO4/c1-4-22(3)13-15(24)19-17(27-22)10-9-16-18(19)14(2)20(26-16)21(25)23-11-7-5-6-8-12-23/h9-10H,4-8,11-13H2,1-3H3/t22-/m1/s1. The number of carbonyl (C=O) groups is 2. The number of hydrogen-bond acceptors (Lipinski definition) is 4. The summed E-state index contributed by atoms with van der Waals surface area (Å²) in [6.45, 7) is 7.40. The maximum Gasteiger partial charge on any atom is 0.289 e. The molecule has 1 fully saturated rings. The minimum atomic E-state index is -0.472. The fourth-order valence-electron chi connectivity index (χ4n) is 4.23. The lowest BCUT2D eigenvalue weighted by Crippen LogP contribution is -2.38. The van der Waals surface area contributed by atoms with Crippen LogP contribution in [-0.4, -0.2) is 35.3 Å². The first kappa shape index (κ1) is 18.1. The zero-order valence-corrected chi connectivity index (χ0v) is 16.4. The molecule has 1 amide bonds. The van der Waals surface area contributed by atoms with Crippen LogP contribution in [0.5, 0.6) is 5.75 Å². The maximum absolute atomic E-state index is 13.1. The molecule has 0 N–H and O–H groups in total. The molecule has 2 aliphatic heterocycles. The van der Waals surface area contributed by atoms with E-state index in [4.69, 9.17) is 9.15 Å². The number of aryl methyl sites for hydroxylation is 1. The SMILES string of the molecule is CC[C@]1(C)CC(=O)c2c(ccc3oc(C(=O)N4CCCCCC4)c(C)c23)O1. The Labute approximate surface area is 159 Å². The molecule has 144 valence electrons. The minimum absolute atomic E-state index is 0.0591. The molecule has 0 unspecified atom stereocenters. The van der Waals surface area contributed by atoms with Crippen molar-refractivity contribution in [2.45, 2.75) is 64.9 Å². The van der Waals surface area contributed by atoms with Gasteiger partial charge in [-0.25, -0.2) is 0 Å². The van der Waals surface area contributed by atoms with Crippen molar-refractivity contribution < 1.29 is 18.7 Å². The van der Waals surface area contributed by atoms with Crippen LogP contribution < -0.4 is 4.74 Å². The molecule has 5 nitrogen and oxygen atoms in total. The van der Waals surface area contributed by atoms with E-state index in [2.05, 4.69) is 0 Å². The summed E-state index contributed by atoms with van der Waals surface area (Å²) in [7, 11) is 0. The van der Waals surface area contributed by atoms with Gasteiger partial charge in [-0.05, 0) is 45.2 Å². The average molecular weight is 369 g/mol. The van der Waals surface area contributed by atoms with E-state index in [0.717, 1.165) is 43.3 Å². The number of carbonyl (C=O) groups excluding carboxylic acids is 2. The Morgan fingerprint density at radius 1 is 1.19 bits per heavy atom. The Balaban J connectivity index is 1.78. The summed E-state index contributed by atoms with van der Waals surface area (Å²) in [5, 5.41) is 0.730. The molecule has 0 saturated carbocycles. The summed E-state index contributed by atoms with van der Waals surface area (Å²) in [4.78, 5) is 27.9. The van der Waals surface area contributed by atoms with Gasteiger partial charge in [-0.3, -0.25) is 9.59 Å². The topological polar surface area (TPSA) is 59.8 Å². The fraction of sp³-hybridized carbons (Fsp3) is 0.545. The average Bonchev–Trinajstić information content (AvgIpc) is 2.83. The van der Waals surface area contributed by atoms with Gasteiger partial charge in [0.1, 0.15) is 16.9 Å². The molecule has 0 radical (unpaired) electrons. The highest BCUT2D eigenvalue weighted by atomic mass is 16.5. The lowest BCUT2D eigenvalue weighted by Gasteiger charge is -2.34. The number of rotatable bonds is 2. The van der Waals surface area contributed by atoms with Gasteiger partial charge in [0.15, 0.2) is 11.5 Å². The number of benzene rings is 1. The van der Waals surface area contributed by atoms with Crippen LogP contribution in [0.4, 0.5) is 0 Å². The first-order chi connectivity index (χ1) is 12.9. The van der Waals surface area contributed by atoms with Gasteiger partial charge in [0.25, 0.3) is 5.91 Å². The first-order valence-corrected chi connectivity index (χ1v) is 10.0. The zero-order valence-electron chi connectivity index (χ0n) is 16.4. The summed E-state index contributed by atoms with van der Waals surface area (Å²) in [5.41, 5.74) is 1.42. The zero-order chi connectivity index (χ0) is 19.2. The highest BCUT2D eigenvalue weighted by Crippen LogP contribution is 2.41. The number of amides is 1. The highest BCUT2D eigenvalue weighted by Gasteiger charge is 2.37. The molecule has 0 bridgehead atoms. The summed E-state index contributed by atoms with van der Waals surface area (Å²) >= 11 is 0. The predicted molar refractivity (Wildman–Crippen MR) is 104 cm³/mol.